The fourth-order valence-electron chi connectivity index (χ4n) is 3.07. The average molecular weight is 526 g/mol. The number of hydrogen-bond donors (Lipinski definition) is 2. The first-order valence-corrected chi connectivity index (χ1v) is 9.57. The van der Waals surface area contributed by atoms with Crippen LogP contribution in [-0.2, 0) is 17.8 Å². The number of nitro groups is 1. The molecule has 0 bridgehead atoms. The molecule has 1 aliphatic rings. The third kappa shape index (κ3) is 6.84. The van der Waals surface area contributed by atoms with Crippen molar-refractivity contribution < 1.29 is 14.4 Å². The van der Waals surface area contributed by atoms with Crippen molar-refractivity contribution in [2.24, 2.45) is 4.99 Å². The summed E-state index contributed by atoms with van der Waals surface area (Å²) in [5.41, 5.74) is 3.05. The van der Waals surface area contributed by atoms with Crippen molar-refractivity contribution in [2.45, 2.75) is 32.5 Å². The van der Waals surface area contributed by atoms with Crippen molar-refractivity contribution in [2.75, 3.05) is 20.3 Å². The van der Waals surface area contributed by atoms with E-state index in [2.05, 4.69) is 15.6 Å². The number of nitrogens with zero attached hydrogens (tertiary/aromatic N) is 2. The number of aliphatic imine (C=N–C) groups is 1. The molecule has 0 aromatic heterocycles. The Bertz CT molecular complexity index is 885. The number of guanidine groups is 1. The summed E-state index contributed by atoms with van der Waals surface area (Å²) in [6.07, 6.45) is 0.981. The van der Waals surface area contributed by atoms with E-state index in [4.69, 9.17) is 9.47 Å². The Balaban J connectivity index is 0.00000320. The van der Waals surface area contributed by atoms with Crippen molar-refractivity contribution in [3.05, 3.63) is 69.3 Å². The fourth-order valence-corrected chi connectivity index (χ4v) is 3.07. The van der Waals surface area contributed by atoms with E-state index in [0.717, 1.165) is 35.5 Å². The highest BCUT2D eigenvalue weighted by atomic mass is 127. The van der Waals surface area contributed by atoms with Gasteiger partial charge in [-0.2, -0.15) is 0 Å². The molecule has 1 aliphatic heterocycles. The lowest BCUT2D eigenvalue weighted by atomic mass is 10.1. The Morgan fingerprint density at radius 1 is 1.27 bits per heavy atom. The van der Waals surface area contributed by atoms with Gasteiger partial charge in [0.05, 0.1) is 18.1 Å². The second-order valence-electron chi connectivity index (χ2n) is 6.92. The summed E-state index contributed by atoms with van der Waals surface area (Å²) >= 11 is 0. The zero-order chi connectivity index (χ0) is 20.6. The highest BCUT2D eigenvalue weighted by Crippen LogP contribution is 2.23. The van der Waals surface area contributed by atoms with E-state index in [1.807, 2.05) is 31.2 Å². The van der Waals surface area contributed by atoms with E-state index >= 15 is 0 Å². The van der Waals surface area contributed by atoms with Gasteiger partial charge >= 0.3 is 0 Å². The fraction of sp³-hybridized carbons (Fsp3) is 0.381. The third-order valence-corrected chi connectivity index (χ3v) is 4.66. The molecule has 2 aromatic rings. The number of nitro benzene ring substituents is 1. The van der Waals surface area contributed by atoms with Gasteiger partial charge in [0.2, 0.25) is 0 Å². The van der Waals surface area contributed by atoms with E-state index in [0.29, 0.717) is 25.7 Å². The van der Waals surface area contributed by atoms with Crippen LogP contribution in [0.25, 0.3) is 0 Å². The zero-order valence-electron chi connectivity index (χ0n) is 17.1. The van der Waals surface area contributed by atoms with Crippen LogP contribution in [0.1, 0.15) is 23.1 Å². The van der Waals surface area contributed by atoms with E-state index in [1.165, 1.54) is 6.07 Å². The quantitative estimate of drug-likeness (QED) is 0.188. The van der Waals surface area contributed by atoms with Gasteiger partial charge in [0.1, 0.15) is 11.9 Å². The molecule has 1 unspecified atom stereocenters. The highest BCUT2D eigenvalue weighted by Gasteiger charge is 2.18. The second kappa shape index (κ2) is 11.7. The Hall–Kier alpha value is -2.40. The van der Waals surface area contributed by atoms with Crippen LogP contribution in [-0.4, -0.2) is 37.2 Å². The van der Waals surface area contributed by atoms with Crippen molar-refractivity contribution in [3.63, 3.8) is 0 Å². The highest BCUT2D eigenvalue weighted by molar-refractivity contribution is 14.0. The molecular formula is C21H27IN4O4. The summed E-state index contributed by atoms with van der Waals surface area (Å²) in [4.78, 5) is 14.7. The van der Waals surface area contributed by atoms with Crippen LogP contribution in [0.15, 0.2) is 47.5 Å². The molecule has 2 aromatic carbocycles. The summed E-state index contributed by atoms with van der Waals surface area (Å²) in [6.45, 7) is 4.36. The molecule has 1 fully saturated rings. The molecule has 30 heavy (non-hydrogen) atoms. The second-order valence-corrected chi connectivity index (χ2v) is 6.92. The van der Waals surface area contributed by atoms with Gasteiger partial charge in [0, 0.05) is 44.3 Å². The first-order chi connectivity index (χ1) is 14.0. The monoisotopic (exact) mass is 526 g/mol. The number of non-ortho nitro benzene ring substituents is 1. The molecule has 0 radical (unpaired) electrons. The number of nitrogens with one attached hydrogen (secondary N) is 2. The Morgan fingerprint density at radius 2 is 2.07 bits per heavy atom. The van der Waals surface area contributed by atoms with Gasteiger partial charge in [-0.1, -0.05) is 24.3 Å². The lowest BCUT2D eigenvalue weighted by molar-refractivity contribution is -0.384. The van der Waals surface area contributed by atoms with Crippen molar-refractivity contribution >= 4 is 35.6 Å². The van der Waals surface area contributed by atoms with Crippen LogP contribution in [0.5, 0.6) is 5.75 Å². The molecular weight excluding hydrogens is 499 g/mol. The maximum absolute atomic E-state index is 10.9. The van der Waals surface area contributed by atoms with Crippen molar-refractivity contribution in [3.8, 4) is 5.75 Å². The summed E-state index contributed by atoms with van der Waals surface area (Å²) in [5.74, 6) is 1.45. The molecule has 9 heteroatoms. The van der Waals surface area contributed by atoms with Gasteiger partial charge < -0.3 is 20.1 Å². The van der Waals surface area contributed by atoms with Crippen LogP contribution in [0.3, 0.4) is 0 Å². The van der Waals surface area contributed by atoms with Crippen LogP contribution < -0.4 is 15.4 Å². The van der Waals surface area contributed by atoms with E-state index in [1.54, 1.807) is 19.2 Å². The summed E-state index contributed by atoms with van der Waals surface area (Å²) in [7, 11) is 1.69. The zero-order valence-corrected chi connectivity index (χ0v) is 19.4. The molecule has 1 heterocycles. The average Bonchev–Trinajstić information content (AvgIpc) is 3.22. The van der Waals surface area contributed by atoms with Crippen LogP contribution in [0.4, 0.5) is 5.69 Å². The number of hydrogen-bond acceptors (Lipinski definition) is 5. The molecule has 2 N–H and O–H groups in total. The molecule has 0 saturated carbocycles. The molecule has 162 valence electrons. The normalized spacial score (nSPS) is 15.9. The molecule has 1 atom stereocenters. The lowest BCUT2D eigenvalue weighted by Crippen LogP contribution is -2.36. The first-order valence-electron chi connectivity index (χ1n) is 9.57. The predicted octanol–water partition coefficient (Wildman–Crippen LogP) is 3.55. The number of benzene rings is 2. The van der Waals surface area contributed by atoms with Gasteiger partial charge in [0.15, 0.2) is 5.96 Å². The molecule has 1 saturated heterocycles. The smallest absolute Gasteiger partial charge is 0.269 e. The van der Waals surface area contributed by atoms with Gasteiger partial charge in [-0.05, 0) is 24.1 Å². The predicted molar refractivity (Wildman–Crippen MR) is 127 cm³/mol. The van der Waals surface area contributed by atoms with Crippen LogP contribution >= 0.6 is 24.0 Å². The molecule has 0 spiro atoms. The Morgan fingerprint density at radius 3 is 2.77 bits per heavy atom. The lowest BCUT2D eigenvalue weighted by Gasteiger charge is -2.18. The van der Waals surface area contributed by atoms with E-state index in [9.17, 15) is 10.1 Å². The maximum Gasteiger partial charge on any atom is 0.269 e. The summed E-state index contributed by atoms with van der Waals surface area (Å²) < 4.78 is 11.5. The van der Waals surface area contributed by atoms with Gasteiger partial charge in [-0.25, -0.2) is 0 Å². The van der Waals surface area contributed by atoms with E-state index in [-0.39, 0.29) is 35.8 Å². The molecule has 0 aliphatic carbocycles. The van der Waals surface area contributed by atoms with Crippen molar-refractivity contribution in [1.29, 1.82) is 0 Å². The first kappa shape index (κ1) is 23.9. The number of halogens is 1. The van der Waals surface area contributed by atoms with Crippen molar-refractivity contribution in [1.82, 2.24) is 10.6 Å². The minimum Gasteiger partial charge on any atom is -0.488 e. The van der Waals surface area contributed by atoms with Gasteiger partial charge in [-0.15, -0.1) is 24.0 Å². The SMILES string of the molecule is CN=C(NCc1cccc([N+](=O)[O-])c1)NCc1ccc(C)cc1OC1CCOC1.I. The minimum absolute atomic E-state index is 0. The summed E-state index contributed by atoms with van der Waals surface area (Å²) in [5, 5.41) is 17.4. The number of ether oxygens (including phenoxy) is 2. The van der Waals surface area contributed by atoms with Crippen LogP contribution in [0.2, 0.25) is 0 Å². The summed E-state index contributed by atoms with van der Waals surface area (Å²) in [6, 6.07) is 12.7. The van der Waals surface area contributed by atoms with E-state index < -0.39 is 4.92 Å². The number of aryl methyl sites for hydroxylation is 1. The van der Waals surface area contributed by atoms with Gasteiger partial charge in [-0.3, -0.25) is 15.1 Å². The largest absolute Gasteiger partial charge is 0.488 e. The topological polar surface area (TPSA) is 98.0 Å². The molecule has 0 amide bonds. The Labute approximate surface area is 193 Å². The van der Waals surface area contributed by atoms with Crippen LogP contribution in [0, 0.1) is 17.0 Å². The minimum atomic E-state index is -0.398. The number of rotatable bonds is 7. The molecule has 8 nitrogen and oxygen atoms in total. The Kier molecular flexibility index (Phi) is 9.31. The maximum atomic E-state index is 10.9. The third-order valence-electron chi connectivity index (χ3n) is 4.66. The molecule has 3 rings (SSSR count). The standard InChI is InChI=1S/C21H26N4O4.HI/c1-15-6-7-17(20(10-15)29-19-8-9-28-14-19)13-24-21(22-2)23-12-16-4-3-5-18(11-16)25(26)27;/h3-7,10-11,19H,8-9,12-14H2,1-2H3,(H2,22,23,24);1H. The van der Waals surface area contributed by atoms with Gasteiger partial charge in [0.25, 0.3) is 5.69 Å².